The number of para-hydroxylation sites is 2. The van der Waals surface area contributed by atoms with Crippen LogP contribution in [0.25, 0.3) is 11.4 Å². The van der Waals surface area contributed by atoms with E-state index in [4.69, 9.17) is 0 Å². The third kappa shape index (κ3) is 5.05. The van der Waals surface area contributed by atoms with Gasteiger partial charge < -0.3 is 9.80 Å². The van der Waals surface area contributed by atoms with Crippen LogP contribution in [0.2, 0.25) is 0 Å². The molecule has 2 nitrogen and oxygen atoms in total. The summed E-state index contributed by atoms with van der Waals surface area (Å²) >= 11 is 2.42. The number of hydrogen-bond donors (Lipinski definition) is 0. The molecule has 0 N–H and O–H groups in total. The number of rotatable bonds is 4. The Kier molecular flexibility index (Phi) is 7.63. The quantitative estimate of drug-likeness (QED) is 0.242. The molecule has 0 atom stereocenters. The van der Waals surface area contributed by atoms with Crippen LogP contribution in [-0.2, 0) is 20.0 Å². The second kappa shape index (κ2) is 10.8. The molecule has 0 amide bonds. The standard InChI is InChI=1S/C27H18F2N2.Ag.ClH/c28-22-15-11-20(12-16-22)26-27(21-13-17-23(29)18-14-21)31(25-9-5-2-6-10-25)19-30(26)24-7-3-1-4-8-24;;/h1-18H;;1H/q;+1;/p-1. The molecule has 5 rings (SSSR count). The number of benzene rings is 4. The van der Waals surface area contributed by atoms with Crippen molar-refractivity contribution in [2.45, 2.75) is 0 Å². The Morgan fingerprint density at radius 2 is 0.848 bits per heavy atom. The molecule has 0 saturated heterocycles. The second-order valence-electron chi connectivity index (χ2n) is 7.15. The molecule has 0 bridgehead atoms. The third-order valence-electron chi connectivity index (χ3n) is 5.14. The fourth-order valence-corrected chi connectivity index (χ4v) is 3.69. The fourth-order valence-electron chi connectivity index (χ4n) is 3.69. The summed E-state index contributed by atoms with van der Waals surface area (Å²) in [5, 5.41) is 0. The summed E-state index contributed by atoms with van der Waals surface area (Å²) in [5.41, 5.74) is 5.16. The first kappa shape index (κ1) is 23.3. The molecule has 4 aromatic carbocycles. The van der Waals surface area contributed by atoms with Gasteiger partial charge in [-0.1, -0.05) is 36.4 Å². The molecule has 0 saturated carbocycles. The van der Waals surface area contributed by atoms with Crippen LogP contribution in [0.3, 0.4) is 0 Å². The van der Waals surface area contributed by atoms with Gasteiger partial charge in [0.25, 0.3) is 0 Å². The molecular formula is C27H18AgClF2N2. The first-order chi connectivity index (χ1) is 16.2. The number of hydrogen-bond acceptors (Lipinski definition) is 2. The summed E-state index contributed by atoms with van der Waals surface area (Å²) in [6.07, 6.45) is 0. The Morgan fingerprint density at radius 1 is 0.515 bits per heavy atom. The van der Waals surface area contributed by atoms with Crippen LogP contribution in [0, 0.1) is 18.3 Å². The molecule has 1 aliphatic rings. The van der Waals surface area contributed by atoms with Crippen molar-refractivity contribution in [2.75, 3.05) is 9.80 Å². The summed E-state index contributed by atoms with van der Waals surface area (Å²) < 4.78 is 27.4. The van der Waals surface area contributed by atoms with Crippen molar-refractivity contribution in [1.82, 2.24) is 0 Å². The van der Waals surface area contributed by atoms with Crippen LogP contribution in [0.5, 0.6) is 0 Å². The third-order valence-corrected chi connectivity index (χ3v) is 5.14. The number of nitrogens with zero attached hydrogens (tertiary/aromatic N) is 2. The second-order valence-corrected chi connectivity index (χ2v) is 7.15. The average molecular weight is 552 g/mol. The first-order valence-electron chi connectivity index (χ1n) is 10.0. The zero-order valence-electron chi connectivity index (χ0n) is 17.2. The predicted octanol–water partition coefficient (Wildman–Crippen LogP) is 7.50. The molecule has 1 aliphatic heterocycles. The summed E-state index contributed by atoms with van der Waals surface area (Å²) in [6, 6.07) is 32.5. The van der Waals surface area contributed by atoms with Crippen molar-refractivity contribution in [1.29, 1.82) is 0 Å². The van der Waals surface area contributed by atoms with E-state index >= 15 is 0 Å². The molecule has 0 aliphatic carbocycles. The molecule has 1 heterocycles. The van der Waals surface area contributed by atoms with Gasteiger partial charge in [-0.3, -0.25) is 0 Å². The van der Waals surface area contributed by atoms with Crippen LogP contribution in [-0.4, -0.2) is 0 Å². The van der Waals surface area contributed by atoms with E-state index in [0.717, 1.165) is 33.9 Å². The maximum atomic E-state index is 13.7. The SMILES string of the molecule is Fc1ccc(C2=C(c3ccc(F)cc3)N(c3ccccc3)[C]N2c2ccccc2)cc1.[Cl][Ag]. The van der Waals surface area contributed by atoms with E-state index in [9.17, 15) is 8.78 Å². The van der Waals surface area contributed by atoms with Crippen LogP contribution >= 0.6 is 9.19 Å². The molecule has 6 heteroatoms. The van der Waals surface area contributed by atoms with E-state index in [1.54, 1.807) is 24.3 Å². The Labute approximate surface area is 208 Å². The van der Waals surface area contributed by atoms with Gasteiger partial charge in [-0.05, 0) is 72.8 Å². The van der Waals surface area contributed by atoms with Gasteiger partial charge in [-0.2, -0.15) is 0 Å². The molecular weight excluding hydrogens is 534 g/mol. The van der Waals surface area contributed by atoms with E-state index in [0.29, 0.717) is 0 Å². The van der Waals surface area contributed by atoms with Crippen LogP contribution in [0.1, 0.15) is 11.1 Å². The molecule has 168 valence electrons. The normalized spacial score (nSPS) is 13.1. The van der Waals surface area contributed by atoms with Crippen LogP contribution in [0.15, 0.2) is 109 Å². The Hall–Kier alpha value is -2.89. The van der Waals surface area contributed by atoms with Gasteiger partial charge in [-0.25, -0.2) is 8.78 Å². The van der Waals surface area contributed by atoms with E-state index in [1.807, 2.05) is 70.5 Å². The van der Waals surface area contributed by atoms with Crippen molar-refractivity contribution >= 4 is 32.0 Å². The van der Waals surface area contributed by atoms with Gasteiger partial charge in [0.05, 0.1) is 11.4 Å². The predicted molar refractivity (Wildman–Crippen MR) is 127 cm³/mol. The van der Waals surface area contributed by atoms with Crippen molar-refractivity contribution < 1.29 is 28.8 Å². The van der Waals surface area contributed by atoms with Gasteiger partial charge in [-0.15, -0.1) is 0 Å². The Bertz CT molecular complexity index is 1120. The van der Waals surface area contributed by atoms with Gasteiger partial charge >= 0.3 is 29.2 Å². The fraction of sp³-hybridized carbons (Fsp3) is 0. The summed E-state index contributed by atoms with van der Waals surface area (Å²) in [4.78, 5) is 3.91. The Morgan fingerprint density at radius 3 is 1.18 bits per heavy atom. The van der Waals surface area contributed by atoms with E-state index in [2.05, 4.69) is 35.8 Å². The van der Waals surface area contributed by atoms with E-state index in [-0.39, 0.29) is 11.6 Å². The molecule has 0 aromatic heterocycles. The minimum absolute atomic E-state index is 0.301. The van der Waals surface area contributed by atoms with E-state index in [1.165, 1.54) is 24.3 Å². The van der Waals surface area contributed by atoms with Gasteiger partial charge in [0.1, 0.15) is 11.6 Å². The summed E-state index contributed by atoms with van der Waals surface area (Å²) in [6.45, 7) is 3.46. The van der Waals surface area contributed by atoms with Gasteiger partial charge in [0, 0.05) is 22.5 Å². The summed E-state index contributed by atoms with van der Waals surface area (Å²) in [5.74, 6) is -0.602. The number of anilines is 2. The molecule has 0 spiro atoms. The zero-order chi connectivity index (χ0) is 23.2. The Balaban J connectivity index is 0.00000126. The molecule has 0 fully saturated rings. The van der Waals surface area contributed by atoms with Crippen molar-refractivity contribution in [3.05, 3.63) is 139 Å². The topological polar surface area (TPSA) is 6.48 Å². The van der Waals surface area contributed by atoms with Crippen molar-refractivity contribution in [2.24, 2.45) is 0 Å². The van der Waals surface area contributed by atoms with Crippen LogP contribution in [0.4, 0.5) is 20.2 Å². The average Bonchev–Trinajstić information content (AvgIpc) is 3.28. The maximum absolute atomic E-state index is 13.7. The first-order valence-corrected chi connectivity index (χ1v) is 12.0. The monoisotopic (exact) mass is 550 g/mol. The number of halogens is 3. The van der Waals surface area contributed by atoms with E-state index < -0.39 is 0 Å². The van der Waals surface area contributed by atoms with Crippen LogP contribution < -0.4 is 9.80 Å². The summed E-state index contributed by atoms with van der Waals surface area (Å²) in [7, 11) is 4.45. The zero-order valence-corrected chi connectivity index (χ0v) is 19.5. The minimum atomic E-state index is -0.301. The van der Waals surface area contributed by atoms with Gasteiger partial charge in [0.15, 0.2) is 0 Å². The van der Waals surface area contributed by atoms with Gasteiger partial charge in [0.2, 0.25) is 6.67 Å². The molecule has 0 unspecified atom stereocenters. The molecule has 2 radical (unpaired) electrons. The van der Waals surface area contributed by atoms with Crippen molar-refractivity contribution in [3.63, 3.8) is 0 Å². The molecule has 33 heavy (non-hydrogen) atoms. The molecule has 4 aromatic rings. The van der Waals surface area contributed by atoms with Crippen molar-refractivity contribution in [3.8, 4) is 0 Å².